The van der Waals surface area contributed by atoms with Crippen molar-refractivity contribution < 1.29 is 8.78 Å². The van der Waals surface area contributed by atoms with E-state index in [1.54, 1.807) is 0 Å². The second kappa shape index (κ2) is 9.16. The molecule has 0 unspecified atom stereocenters. The van der Waals surface area contributed by atoms with Crippen molar-refractivity contribution in [2.45, 2.75) is 6.92 Å². The molecule has 0 saturated carbocycles. The lowest BCUT2D eigenvalue weighted by atomic mass is 10.1. The van der Waals surface area contributed by atoms with E-state index in [2.05, 4.69) is 27.0 Å². The number of benzene rings is 3. The number of fused-ring (bicyclic) bond motifs is 1. The zero-order valence-electron chi connectivity index (χ0n) is 20.3. The van der Waals surface area contributed by atoms with Crippen molar-refractivity contribution in [3.63, 3.8) is 0 Å². The fourth-order valence-electron chi connectivity index (χ4n) is 4.78. The minimum atomic E-state index is -0.636. The van der Waals surface area contributed by atoms with Crippen LogP contribution in [0, 0.1) is 18.6 Å². The van der Waals surface area contributed by atoms with Crippen LogP contribution in [0.5, 0.6) is 0 Å². The van der Waals surface area contributed by atoms with E-state index in [1.807, 2.05) is 49.4 Å². The van der Waals surface area contributed by atoms with Crippen molar-refractivity contribution in [3.8, 4) is 16.9 Å². The lowest BCUT2D eigenvalue weighted by Gasteiger charge is -2.36. The largest absolute Gasteiger partial charge is 0.383 e. The van der Waals surface area contributed by atoms with Gasteiger partial charge in [0.1, 0.15) is 23.1 Å². The van der Waals surface area contributed by atoms with Gasteiger partial charge in [-0.2, -0.15) is 4.98 Å². The lowest BCUT2D eigenvalue weighted by Crippen LogP contribution is -2.47. The number of nitrogen functional groups attached to an aromatic ring is 1. The van der Waals surface area contributed by atoms with Crippen LogP contribution in [0.25, 0.3) is 28.0 Å². The Balaban J connectivity index is 1.45. The van der Waals surface area contributed by atoms with Crippen molar-refractivity contribution in [1.82, 2.24) is 19.7 Å². The van der Waals surface area contributed by atoms with Crippen molar-refractivity contribution in [1.29, 1.82) is 0 Å². The van der Waals surface area contributed by atoms with Crippen LogP contribution in [0.2, 0.25) is 0 Å². The Morgan fingerprint density at radius 3 is 2.32 bits per heavy atom. The third-order valence-corrected chi connectivity index (χ3v) is 6.67. The van der Waals surface area contributed by atoms with Gasteiger partial charge in [-0.25, -0.2) is 18.4 Å². The second-order valence-corrected chi connectivity index (χ2v) is 9.14. The number of anilines is 3. The smallest absolute Gasteiger partial charge is 0.228 e. The summed E-state index contributed by atoms with van der Waals surface area (Å²) in [6, 6.07) is 21.4. The number of para-hydroxylation sites is 1. The van der Waals surface area contributed by atoms with E-state index in [0.29, 0.717) is 22.7 Å². The average molecular weight is 498 g/mol. The number of aromatic nitrogens is 4. The molecular formula is C28H25F2N7. The number of hydrogen-bond acceptors (Lipinski definition) is 6. The molecule has 0 bridgehead atoms. The summed E-state index contributed by atoms with van der Waals surface area (Å²) in [4.78, 5) is 14.1. The summed E-state index contributed by atoms with van der Waals surface area (Å²) in [5.74, 6) is -0.543. The van der Waals surface area contributed by atoms with Crippen LogP contribution in [0.15, 0.2) is 72.8 Å². The first kappa shape index (κ1) is 22.9. The minimum Gasteiger partial charge on any atom is -0.383 e. The number of halogens is 2. The molecular weight excluding hydrogens is 472 g/mol. The standard InChI is InChI=1S/C28H25F2N7/c1-18-6-5-7-19(16-18)25-24-26(31)37(23-17-20(29)10-11-22(23)30)34-27(24)33-28(32-25)36-14-12-35(13-15-36)21-8-3-2-4-9-21/h2-11,16-17H,12-15,31H2,1H3. The van der Waals surface area contributed by atoms with Crippen LogP contribution in [0.1, 0.15) is 5.56 Å². The van der Waals surface area contributed by atoms with Crippen molar-refractivity contribution in [3.05, 3.63) is 90.0 Å². The van der Waals surface area contributed by atoms with Crippen molar-refractivity contribution in [2.24, 2.45) is 0 Å². The van der Waals surface area contributed by atoms with Gasteiger partial charge in [-0.05, 0) is 37.3 Å². The van der Waals surface area contributed by atoms with Crippen LogP contribution >= 0.6 is 0 Å². The summed E-state index contributed by atoms with van der Waals surface area (Å²) in [5, 5.41) is 5.01. The number of hydrogen-bond donors (Lipinski definition) is 1. The fourth-order valence-corrected chi connectivity index (χ4v) is 4.78. The number of piperazine rings is 1. The number of nitrogens with zero attached hydrogens (tertiary/aromatic N) is 6. The molecule has 2 aromatic heterocycles. The van der Waals surface area contributed by atoms with E-state index in [4.69, 9.17) is 15.7 Å². The highest BCUT2D eigenvalue weighted by Gasteiger charge is 2.25. The van der Waals surface area contributed by atoms with Crippen molar-refractivity contribution >= 4 is 28.5 Å². The zero-order chi connectivity index (χ0) is 25.5. The Morgan fingerprint density at radius 2 is 1.57 bits per heavy atom. The van der Waals surface area contributed by atoms with Crippen LogP contribution in [-0.4, -0.2) is 45.9 Å². The summed E-state index contributed by atoms with van der Waals surface area (Å²) >= 11 is 0. The first-order valence-corrected chi connectivity index (χ1v) is 12.1. The van der Waals surface area contributed by atoms with Gasteiger partial charge in [-0.3, -0.25) is 0 Å². The van der Waals surface area contributed by atoms with Crippen LogP contribution in [-0.2, 0) is 0 Å². The van der Waals surface area contributed by atoms with Gasteiger partial charge in [0.15, 0.2) is 5.65 Å². The molecule has 1 fully saturated rings. The monoisotopic (exact) mass is 497 g/mol. The summed E-state index contributed by atoms with van der Waals surface area (Å²) in [6.45, 7) is 5.08. The average Bonchev–Trinajstić information content (AvgIpc) is 3.26. The maximum atomic E-state index is 14.7. The summed E-state index contributed by atoms with van der Waals surface area (Å²) in [6.07, 6.45) is 0. The summed E-state index contributed by atoms with van der Waals surface area (Å²) in [7, 11) is 0. The molecule has 37 heavy (non-hydrogen) atoms. The molecule has 3 aromatic carbocycles. The van der Waals surface area contributed by atoms with Crippen molar-refractivity contribution in [2.75, 3.05) is 41.7 Å². The van der Waals surface area contributed by atoms with E-state index in [1.165, 1.54) is 10.4 Å². The minimum absolute atomic E-state index is 0.0799. The Kier molecular flexibility index (Phi) is 5.67. The Morgan fingerprint density at radius 1 is 0.811 bits per heavy atom. The zero-order valence-corrected chi connectivity index (χ0v) is 20.3. The molecule has 7 nitrogen and oxygen atoms in total. The van der Waals surface area contributed by atoms with Crippen LogP contribution in [0.3, 0.4) is 0 Å². The van der Waals surface area contributed by atoms with Gasteiger partial charge in [-0.15, -0.1) is 5.10 Å². The first-order chi connectivity index (χ1) is 18.0. The SMILES string of the molecule is Cc1cccc(-c2nc(N3CCN(c4ccccc4)CC3)nc3nn(-c4cc(F)ccc4F)c(N)c23)c1. The lowest BCUT2D eigenvalue weighted by molar-refractivity contribution is 0.588. The molecule has 3 heterocycles. The van der Waals surface area contributed by atoms with Gasteiger partial charge in [0.25, 0.3) is 0 Å². The molecule has 6 rings (SSSR count). The highest BCUT2D eigenvalue weighted by molar-refractivity contribution is 5.99. The number of rotatable bonds is 4. The van der Waals surface area contributed by atoms with E-state index in [0.717, 1.165) is 55.5 Å². The third-order valence-electron chi connectivity index (χ3n) is 6.67. The topological polar surface area (TPSA) is 76.1 Å². The maximum absolute atomic E-state index is 14.7. The predicted molar refractivity (Wildman–Crippen MR) is 142 cm³/mol. The van der Waals surface area contributed by atoms with Gasteiger partial charge < -0.3 is 15.5 Å². The molecule has 0 aliphatic carbocycles. The molecule has 0 radical (unpaired) electrons. The highest BCUT2D eigenvalue weighted by atomic mass is 19.1. The molecule has 9 heteroatoms. The summed E-state index contributed by atoms with van der Waals surface area (Å²) < 4.78 is 29.8. The van der Waals surface area contributed by atoms with Gasteiger partial charge in [0, 0.05) is 43.5 Å². The van der Waals surface area contributed by atoms with E-state index in [-0.39, 0.29) is 11.5 Å². The molecule has 0 spiro atoms. The van der Waals surface area contributed by atoms with E-state index in [9.17, 15) is 8.78 Å². The molecule has 186 valence electrons. The molecule has 0 amide bonds. The molecule has 2 N–H and O–H groups in total. The second-order valence-electron chi connectivity index (χ2n) is 9.14. The third kappa shape index (κ3) is 4.22. The Bertz CT molecular complexity index is 1590. The summed E-state index contributed by atoms with van der Waals surface area (Å²) in [5.41, 5.74) is 10.4. The molecule has 1 aliphatic heterocycles. The number of aryl methyl sites for hydroxylation is 1. The van der Waals surface area contributed by atoms with E-state index >= 15 is 0 Å². The quantitative estimate of drug-likeness (QED) is 0.378. The maximum Gasteiger partial charge on any atom is 0.228 e. The molecule has 1 saturated heterocycles. The Labute approximate surface area is 212 Å². The predicted octanol–water partition coefficient (Wildman–Crippen LogP) is 4.98. The van der Waals surface area contributed by atoms with Gasteiger partial charge in [-0.1, -0.05) is 42.0 Å². The van der Waals surface area contributed by atoms with Gasteiger partial charge in [0.05, 0.1) is 11.1 Å². The molecule has 5 aromatic rings. The van der Waals surface area contributed by atoms with Gasteiger partial charge in [0.2, 0.25) is 5.95 Å². The van der Waals surface area contributed by atoms with Crippen LogP contribution in [0.4, 0.5) is 26.2 Å². The highest BCUT2D eigenvalue weighted by Crippen LogP contribution is 2.34. The normalized spacial score (nSPS) is 13.9. The molecule has 1 aliphatic rings. The Hall–Kier alpha value is -4.53. The number of nitrogens with two attached hydrogens (primary N) is 1. The van der Waals surface area contributed by atoms with E-state index < -0.39 is 11.6 Å². The van der Waals surface area contributed by atoms with Crippen LogP contribution < -0.4 is 15.5 Å². The van der Waals surface area contributed by atoms with Gasteiger partial charge >= 0.3 is 0 Å². The fraction of sp³-hybridized carbons (Fsp3) is 0.179. The first-order valence-electron chi connectivity index (χ1n) is 12.1. The molecule has 0 atom stereocenters.